The van der Waals surface area contributed by atoms with E-state index in [2.05, 4.69) is 10.6 Å². The van der Waals surface area contributed by atoms with E-state index in [9.17, 15) is 14.4 Å². The first-order valence-electron chi connectivity index (χ1n) is 7.74. The van der Waals surface area contributed by atoms with Gasteiger partial charge in [-0.1, -0.05) is 27.7 Å². The molecule has 3 amide bonds. The minimum absolute atomic E-state index is 0.0104. The van der Waals surface area contributed by atoms with Gasteiger partial charge in [0, 0.05) is 6.54 Å². The molecule has 0 bridgehead atoms. The van der Waals surface area contributed by atoms with E-state index in [1.807, 2.05) is 27.7 Å². The molecule has 0 spiro atoms. The lowest BCUT2D eigenvalue weighted by atomic mass is 10.00. The van der Waals surface area contributed by atoms with Crippen LogP contribution < -0.4 is 10.6 Å². The Kier molecular flexibility index (Phi) is 4.54. The molecule has 0 radical (unpaired) electrons. The van der Waals surface area contributed by atoms with Crippen LogP contribution in [-0.4, -0.2) is 47.3 Å². The molecule has 0 aromatic carbocycles. The average Bonchev–Trinajstić information content (AvgIpc) is 2.89. The fourth-order valence-electron chi connectivity index (χ4n) is 3.02. The molecular formula is C15H25N3O3. The molecule has 2 aliphatic rings. The Balaban J connectivity index is 2.36. The summed E-state index contributed by atoms with van der Waals surface area (Å²) in [5.74, 6) is -0.653. The largest absolute Gasteiger partial charge is 0.342 e. The summed E-state index contributed by atoms with van der Waals surface area (Å²) < 4.78 is 0. The van der Waals surface area contributed by atoms with E-state index in [4.69, 9.17) is 0 Å². The number of nitrogens with zero attached hydrogens (tertiary/aromatic N) is 1. The van der Waals surface area contributed by atoms with Crippen molar-refractivity contribution < 1.29 is 14.4 Å². The van der Waals surface area contributed by atoms with Gasteiger partial charge in [-0.25, -0.2) is 0 Å². The Hall–Kier alpha value is -1.59. The molecule has 6 nitrogen and oxygen atoms in total. The number of amides is 3. The highest BCUT2D eigenvalue weighted by atomic mass is 16.2. The van der Waals surface area contributed by atoms with E-state index in [1.54, 1.807) is 4.90 Å². The lowest BCUT2D eigenvalue weighted by Gasteiger charge is -2.28. The van der Waals surface area contributed by atoms with Crippen molar-refractivity contribution in [2.45, 2.75) is 58.7 Å². The van der Waals surface area contributed by atoms with Crippen LogP contribution in [0.3, 0.4) is 0 Å². The first-order valence-corrected chi connectivity index (χ1v) is 7.74. The molecule has 6 heteroatoms. The zero-order valence-corrected chi connectivity index (χ0v) is 13.2. The number of nitrogens with one attached hydrogen (secondary N) is 2. The van der Waals surface area contributed by atoms with Gasteiger partial charge in [-0.3, -0.25) is 14.4 Å². The van der Waals surface area contributed by atoms with Gasteiger partial charge in [0.2, 0.25) is 17.7 Å². The molecule has 3 atom stereocenters. The minimum atomic E-state index is -0.591. The SMILES string of the molecule is CC(C)[C@@H]1NC(=O)[C@@H]2CCCN2C(=O)[C@H](C(C)C)NC1=O. The number of hydrogen-bond donors (Lipinski definition) is 2. The molecule has 2 aliphatic heterocycles. The Morgan fingerprint density at radius 1 is 0.952 bits per heavy atom. The first kappa shape index (κ1) is 15.8. The summed E-state index contributed by atoms with van der Waals surface area (Å²) in [5, 5.41) is 5.64. The molecule has 0 aromatic rings. The van der Waals surface area contributed by atoms with Crippen molar-refractivity contribution >= 4 is 17.7 Å². The molecule has 0 unspecified atom stereocenters. The standard InChI is InChI=1S/C15H25N3O3/c1-8(2)11-14(20)17-12(9(3)4)15(21)18-7-5-6-10(18)13(19)16-11/h8-12H,5-7H2,1-4H3,(H,16,19)(H,17,20)/t10-,11-,12-/m0/s1. The van der Waals surface area contributed by atoms with Crippen molar-refractivity contribution in [3.05, 3.63) is 0 Å². The molecule has 2 heterocycles. The average molecular weight is 295 g/mol. The van der Waals surface area contributed by atoms with Gasteiger partial charge in [-0.05, 0) is 24.7 Å². The van der Waals surface area contributed by atoms with Crippen molar-refractivity contribution in [3.63, 3.8) is 0 Å². The van der Waals surface area contributed by atoms with Gasteiger partial charge in [-0.15, -0.1) is 0 Å². The maximum atomic E-state index is 12.7. The van der Waals surface area contributed by atoms with E-state index in [1.165, 1.54) is 0 Å². The van der Waals surface area contributed by atoms with Crippen LogP contribution in [0.1, 0.15) is 40.5 Å². The van der Waals surface area contributed by atoms with E-state index in [-0.39, 0.29) is 29.6 Å². The van der Waals surface area contributed by atoms with Gasteiger partial charge >= 0.3 is 0 Å². The van der Waals surface area contributed by atoms with Gasteiger partial charge in [0.1, 0.15) is 18.1 Å². The zero-order valence-electron chi connectivity index (χ0n) is 13.2. The molecule has 0 aliphatic carbocycles. The van der Waals surface area contributed by atoms with Crippen molar-refractivity contribution in [2.75, 3.05) is 6.54 Å². The highest BCUT2D eigenvalue weighted by Crippen LogP contribution is 2.22. The normalized spacial score (nSPS) is 30.7. The van der Waals surface area contributed by atoms with Crippen LogP contribution in [0, 0.1) is 11.8 Å². The van der Waals surface area contributed by atoms with Crippen molar-refractivity contribution in [2.24, 2.45) is 11.8 Å². The molecule has 2 saturated heterocycles. The summed E-state index contributed by atoms with van der Waals surface area (Å²) in [6.45, 7) is 8.18. The van der Waals surface area contributed by atoms with Crippen LogP contribution >= 0.6 is 0 Å². The topological polar surface area (TPSA) is 78.5 Å². The summed E-state index contributed by atoms with van der Waals surface area (Å²) in [6, 6.07) is -1.59. The third kappa shape index (κ3) is 3.04. The quantitative estimate of drug-likeness (QED) is 0.767. The Morgan fingerprint density at radius 2 is 1.52 bits per heavy atom. The van der Waals surface area contributed by atoms with E-state index in [0.29, 0.717) is 13.0 Å². The summed E-state index contributed by atoms with van der Waals surface area (Å²) in [5.41, 5.74) is 0. The fourth-order valence-corrected chi connectivity index (χ4v) is 3.02. The fraction of sp³-hybridized carbons (Fsp3) is 0.800. The van der Waals surface area contributed by atoms with E-state index in [0.717, 1.165) is 6.42 Å². The maximum Gasteiger partial charge on any atom is 0.246 e. The van der Waals surface area contributed by atoms with Gasteiger partial charge in [-0.2, -0.15) is 0 Å². The predicted molar refractivity (Wildman–Crippen MR) is 78.3 cm³/mol. The summed E-state index contributed by atoms with van der Waals surface area (Å²) in [6.07, 6.45) is 1.50. The van der Waals surface area contributed by atoms with Gasteiger partial charge in [0.15, 0.2) is 0 Å². The molecule has 0 aromatic heterocycles. The lowest BCUT2D eigenvalue weighted by Crippen LogP contribution is -2.54. The van der Waals surface area contributed by atoms with Crippen molar-refractivity contribution in [1.29, 1.82) is 0 Å². The molecule has 118 valence electrons. The molecule has 2 N–H and O–H groups in total. The molecule has 21 heavy (non-hydrogen) atoms. The summed E-state index contributed by atoms with van der Waals surface area (Å²) in [7, 11) is 0. The van der Waals surface area contributed by atoms with E-state index < -0.39 is 18.1 Å². The second-order valence-corrected chi connectivity index (χ2v) is 6.65. The third-order valence-corrected chi connectivity index (χ3v) is 4.32. The minimum Gasteiger partial charge on any atom is -0.342 e. The first-order chi connectivity index (χ1) is 9.82. The lowest BCUT2D eigenvalue weighted by molar-refractivity contribution is -0.140. The van der Waals surface area contributed by atoms with E-state index >= 15 is 0 Å². The molecule has 0 saturated carbocycles. The molecule has 2 fully saturated rings. The highest BCUT2D eigenvalue weighted by Gasteiger charge is 2.42. The number of fused-ring (bicyclic) bond motifs is 1. The van der Waals surface area contributed by atoms with Crippen molar-refractivity contribution in [3.8, 4) is 0 Å². The Bertz CT molecular complexity index is 447. The van der Waals surface area contributed by atoms with Crippen molar-refractivity contribution in [1.82, 2.24) is 15.5 Å². The molecule has 2 rings (SSSR count). The number of hydrogen-bond acceptors (Lipinski definition) is 3. The predicted octanol–water partition coefficient (Wildman–Crippen LogP) is 0.273. The molecular weight excluding hydrogens is 270 g/mol. The second kappa shape index (κ2) is 6.03. The monoisotopic (exact) mass is 295 g/mol. The van der Waals surface area contributed by atoms with Crippen LogP contribution in [0.4, 0.5) is 0 Å². The van der Waals surface area contributed by atoms with Crippen LogP contribution in [0.25, 0.3) is 0 Å². The number of rotatable bonds is 2. The second-order valence-electron chi connectivity index (χ2n) is 6.65. The number of carbonyl (C=O) groups excluding carboxylic acids is 3. The third-order valence-electron chi connectivity index (χ3n) is 4.32. The zero-order chi connectivity index (χ0) is 15.7. The van der Waals surface area contributed by atoms with Crippen LogP contribution in [-0.2, 0) is 14.4 Å². The number of carbonyl (C=O) groups is 3. The van der Waals surface area contributed by atoms with Crippen LogP contribution in [0.2, 0.25) is 0 Å². The van der Waals surface area contributed by atoms with Crippen LogP contribution in [0.15, 0.2) is 0 Å². The maximum absolute atomic E-state index is 12.7. The van der Waals surface area contributed by atoms with Gasteiger partial charge in [0.25, 0.3) is 0 Å². The Labute approximate surface area is 125 Å². The van der Waals surface area contributed by atoms with Gasteiger partial charge < -0.3 is 15.5 Å². The highest BCUT2D eigenvalue weighted by molar-refractivity contribution is 5.97. The van der Waals surface area contributed by atoms with Crippen LogP contribution in [0.5, 0.6) is 0 Å². The Morgan fingerprint density at radius 3 is 2.10 bits per heavy atom. The summed E-state index contributed by atoms with van der Waals surface area (Å²) in [4.78, 5) is 39.1. The smallest absolute Gasteiger partial charge is 0.246 e. The summed E-state index contributed by atoms with van der Waals surface area (Å²) >= 11 is 0. The van der Waals surface area contributed by atoms with Gasteiger partial charge in [0.05, 0.1) is 0 Å².